The Morgan fingerprint density at radius 1 is 1.02 bits per heavy atom. The number of aromatic nitrogens is 3. The van der Waals surface area contributed by atoms with Crippen LogP contribution in [0.3, 0.4) is 0 Å². The van der Waals surface area contributed by atoms with Gasteiger partial charge in [-0.15, -0.1) is 11.3 Å². The number of methoxy groups -OCH3 is 2. The van der Waals surface area contributed by atoms with Gasteiger partial charge in [-0.05, 0) is 82.9 Å². The molecule has 0 atom stereocenters. The van der Waals surface area contributed by atoms with Crippen molar-refractivity contribution in [3.8, 4) is 5.75 Å². The first-order chi connectivity index (χ1) is 19.2. The first-order valence-corrected chi connectivity index (χ1v) is 14.5. The molecule has 1 saturated heterocycles. The number of benzene rings is 1. The predicted octanol–water partition coefficient (Wildman–Crippen LogP) is 6.30. The van der Waals surface area contributed by atoms with E-state index in [0.29, 0.717) is 23.6 Å². The summed E-state index contributed by atoms with van der Waals surface area (Å²) in [5.41, 5.74) is 3.43. The minimum Gasteiger partial charge on any atom is -0.495 e. The highest BCUT2D eigenvalue weighted by atomic mass is 32.1. The van der Waals surface area contributed by atoms with E-state index in [1.165, 1.54) is 0 Å². The second-order valence-corrected chi connectivity index (χ2v) is 11.8. The number of pyridine rings is 1. The van der Waals surface area contributed by atoms with Gasteiger partial charge in [0.15, 0.2) is 0 Å². The number of nitrogens with zero attached hydrogens (tertiary/aromatic N) is 5. The summed E-state index contributed by atoms with van der Waals surface area (Å²) in [4.78, 5) is 20.1. The van der Waals surface area contributed by atoms with Gasteiger partial charge in [0.2, 0.25) is 5.95 Å². The van der Waals surface area contributed by atoms with Crippen molar-refractivity contribution in [2.24, 2.45) is 0 Å². The molecule has 0 saturated carbocycles. The maximum absolute atomic E-state index is 5.81. The average molecular weight is 562 g/mol. The molecule has 9 nitrogen and oxygen atoms in total. The molecule has 1 aliphatic rings. The van der Waals surface area contributed by atoms with Crippen molar-refractivity contribution in [1.29, 1.82) is 0 Å². The van der Waals surface area contributed by atoms with E-state index in [9.17, 15) is 0 Å². The Morgan fingerprint density at radius 3 is 2.50 bits per heavy atom. The van der Waals surface area contributed by atoms with Gasteiger partial charge in [-0.3, -0.25) is 0 Å². The van der Waals surface area contributed by atoms with Gasteiger partial charge in [-0.1, -0.05) is 6.07 Å². The maximum atomic E-state index is 5.81. The highest BCUT2D eigenvalue weighted by Gasteiger charge is 2.24. The number of fused-ring (bicyclic) bond motifs is 1. The Morgan fingerprint density at radius 2 is 1.80 bits per heavy atom. The predicted molar refractivity (Wildman–Crippen MR) is 165 cm³/mol. The molecule has 2 N–H and O–H groups in total. The van der Waals surface area contributed by atoms with Crippen LogP contribution >= 0.6 is 11.3 Å². The van der Waals surface area contributed by atoms with E-state index in [1.54, 1.807) is 25.6 Å². The van der Waals surface area contributed by atoms with Crippen LogP contribution in [0.1, 0.15) is 37.9 Å². The van der Waals surface area contributed by atoms with Crippen LogP contribution < -0.4 is 20.3 Å². The van der Waals surface area contributed by atoms with Crippen molar-refractivity contribution < 1.29 is 9.47 Å². The third-order valence-corrected chi connectivity index (χ3v) is 8.70. The fourth-order valence-electron chi connectivity index (χ4n) is 5.06. The first-order valence-electron chi connectivity index (χ1n) is 13.6. The highest BCUT2D eigenvalue weighted by molar-refractivity contribution is 7.17. The number of aryl methyl sites for hydroxylation is 1. The Kier molecular flexibility index (Phi) is 8.11. The molecule has 0 amide bonds. The molecule has 10 heteroatoms. The van der Waals surface area contributed by atoms with Crippen LogP contribution in [0.25, 0.3) is 10.2 Å². The van der Waals surface area contributed by atoms with Crippen molar-refractivity contribution >= 4 is 50.5 Å². The molecule has 1 fully saturated rings. The smallest absolute Gasteiger partial charge is 0.230 e. The molecule has 0 unspecified atom stereocenters. The Bertz CT molecular complexity index is 1480. The fraction of sp³-hybridized carbons (Fsp3) is 0.433. The number of ether oxygens (including phenoxy) is 2. The van der Waals surface area contributed by atoms with Crippen molar-refractivity contribution in [2.45, 2.75) is 45.3 Å². The molecule has 1 aliphatic heterocycles. The Labute approximate surface area is 240 Å². The molecule has 1 aromatic carbocycles. The summed E-state index contributed by atoms with van der Waals surface area (Å²) >= 11 is 1.60. The second-order valence-electron chi connectivity index (χ2n) is 10.9. The molecular formula is C30H39N7O2S. The maximum Gasteiger partial charge on any atom is 0.230 e. The van der Waals surface area contributed by atoms with Crippen molar-refractivity contribution in [3.05, 3.63) is 53.0 Å². The molecule has 4 aromatic rings. The summed E-state index contributed by atoms with van der Waals surface area (Å²) in [6.45, 7) is 8.09. The molecular weight excluding hydrogens is 522 g/mol. The van der Waals surface area contributed by atoms with Crippen LogP contribution in [0.2, 0.25) is 0 Å². The van der Waals surface area contributed by atoms with Gasteiger partial charge in [0.25, 0.3) is 0 Å². The van der Waals surface area contributed by atoms with Crippen LogP contribution in [0.5, 0.6) is 5.75 Å². The van der Waals surface area contributed by atoms with Gasteiger partial charge < -0.3 is 29.9 Å². The number of thiophene rings is 1. The van der Waals surface area contributed by atoms with Crippen molar-refractivity contribution in [3.63, 3.8) is 0 Å². The van der Waals surface area contributed by atoms with E-state index >= 15 is 0 Å². The largest absolute Gasteiger partial charge is 0.495 e. The van der Waals surface area contributed by atoms with Crippen LogP contribution in [-0.4, -0.2) is 67.3 Å². The summed E-state index contributed by atoms with van der Waals surface area (Å²) in [5.74, 6) is 2.75. The van der Waals surface area contributed by atoms with Gasteiger partial charge in [0.1, 0.15) is 27.8 Å². The highest BCUT2D eigenvalue weighted by Crippen LogP contribution is 2.36. The SMILES string of the molecule is COc1cc(Nc2nc(Nc3cccc(C(C)(C)OC)n3)c3c(C)csc3n2)ccc1N1CCC(N(C)C)CC1. The molecule has 0 aliphatic carbocycles. The number of anilines is 5. The average Bonchev–Trinajstić information content (AvgIpc) is 3.33. The summed E-state index contributed by atoms with van der Waals surface area (Å²) in [5, 5.41) is 9.93. The molecule has 40 heavy (non-hydrogen) atoms. The summed E-state index contributed by atoms with van der Waals surface area (Å²) in [6, 6.07) is 12.7. The Hall–Kier alpha value is -3.47. The zero-order valence-electron chi connectivity index (χ0n) is 24.4. The van der Waals surface area contributed by atoms with Gasteiger partial charge in [-0.25, -0.2) is 9.97 Å². The molecule has 3 aromatic heterocycles. The lowest BCUT2D eigenvalue weighted by atomic mass is 10.0. The number of piperidine rings is 1. The van der Waals surface area contributed by atoms with E-state index in [2.05, 4.69) is 59.0 Å². The van der Waals surface area contributed by atoms with E-state index in [1.807, 2.05) is 38.1 Å². The van der Waals surface area contributed by atoms with E-state index in [-0.39, 0.29) is 0 Å². The third kappa shape index (κ3) is 5.84. The van der Waals surface area contributed by atoms with Crippen molar-refractivity contribution in [2.75, 3.05) is 56.9 Å². The lowest BCUT2D eigenvalue weighted by Crippen LogP contribution is -2.42. The quantitative estimate of drug-likeness (QED) is 0.244. The van der Waals surface area contributed by atoms with Gasteiger partial charge in [-0.2, -0.15) is 4.98 Å². The van der Waals surface area contributed by atoms with E-state index in [4.69, 9.17) is 24.4 Å². The standard InChI is InChI=1S/C30H39N7O2S/c1-19-18-40-28-26(19)27(33-25-10-8-9-24(32-25)30(2,3)39-7)34-29(35-28)31-20-11-12-22(23(17-20)38-6)37-15-13-21(14-16-37)36(4)5/h8-12,17-18,21H,13-16H2,1-7H3,(H2,31,32,33,34,35). The molecule has 0 radical (unpaired) electrons. The van der Waals surface area contributed by atoms with Gasteiger partial charge in [0, 0.05) is 38.0 Å². The number of hydrogen-bond donors (Lipinski definition) is 2. The summed E-state index contributed by atoms with van der Waals surface area (Å²) in [7, 11) is 7.74. The number of hydrogen-bond acceptors (Lipinski definition) is 10. The fourth-order valence-corrected chi connectivity index (χ4v) is 5.99. The Balaban J connectivity index is 1.41. The third-order valence-electron chi connectivity index (χ3n) is 7.71. The molecule has 212 valence electrons. The molecule has 4 heterocycles. The van der Waals surface area contributed by atoms with Gasteiger partial charge >= 0.3 is 0 Å². The zero-order chi connectivity index (χ0) is 28.4. The minimum absolute atomic E-state index is 0.503. The van der Waals surface area contributed by atoms with Crippen molar-refractivity contribution in [1.82, 2.24) is 19.9 Å². The van der Waals surface area contributed by atoms with Crippen LogP contribution in [0.4, 0.5) is 29.0 Å². The van der Waals surface area contributed by atoms with Crippen LogP contribution in [-0.2, 0) is 10.3 Å². The number of rotatable bonds is 9. The van der Waals surface area contributed by atoms with E-state index in [0.717, 1.165) is 64.5 Å². The topological polar surface area (TPSA) is 87.7 Å². The monoisotopic (exact) mass is 561 g/mol. The molecule has 5 rings (SSSR count). The summed E-state index contributed by atoms with van der Waals surface area (Å²) < 4.78 is 11.4. The normalized spacial score (nSPS) is 14.7. The summed E-state index contributed by atoms with van der Waals surface area (Å²) in [6.07, 6.45) is 2.28. The lowest BCUT2D eigenvalue weighted by Gasteiger charge is -2.37. The lowest BCUT2D eigenvalue weighted by molar-refractivity contribution is 0.0156. The minimum atomic E-state index is -0.503. The van der Waals surface area contributed by atoms with Gasteiger partial charge in [0.05, 0.1) is 23.9 Å². The van der Waals surface area contributed by atoms with E-state index < -0.39 is 5.60 Å². The van der Waals surface area contributed by atoms with Crippen LogP contribution in [0.15, 0.2) is 41.8 Å². The molecule has 0 bridgehead atoms. The zero-order valence-corrected chi connectivity index (χ0v) is 25.2. The number of nitrogens with one attached hydrogen (secondary N) is 2. The first kappa shape index (κ1) is 28.1. The molecule has 0 spiro atoms. The second kappa shape index (κ2) is 11.6. The van der Waals surface area contributed by atoms with Crippen LogP contribution in [0, 0.1) is 6.92 Å².